The van der Waals surface area contributed by atoms with Crippen molar-refractivity contribution in [2.45, 2.75) is 13.0 Å². The zero-order valence-corrected chi connectivity index (χ0v) is 7.43. The van der Waals surface area contributed by atoms with Crippen molar-refractivity contribution in [3.63, 3.8) is 0 Å². The fourth-order valence-corrected chi connectivity index (χ4v) is 0.930. The van der Waals surface area contributed by atoms with Gasteiger partial charge in [-0.1, -0.05) is 0 Å². The number of nitrogens with two attached hydrogens (primary N) is 1. The van der Waals surface area contributed by atoms with Crippen molar-refractivity contribution in [2.24, 2.45) is 5.73 Å². The van der Waals surface area contributed by atoms with Gasteiger partial charge in [-0.05, 0) is 13.0 Å². The minimum absolute atomic E-state index is 0.218. The first-order chi connectivity index (χ1) is 6.29. The smallest absolute Gasteiger partial charge is 0.376 e. The van der Waals surface area contributed by atoms with Crippen molar-refractivity contribution in [3.8, 4) is 0 Å². The Hall–Kier alpha value is -1.43. The molecule has 0 aliphatic carbocycles. The summed E-state index contributed by atoms with van der Waals surface area (Å²) in [6.07, 6.45) is 2.27. The Morgan fingerprint density at radius 3 is 3.15 bits per heavy atom. The number of rotatable bonds is 4. The summed E-state index contributed by atoms with van der Waals surface area (Å²) in [5, 5.41) is 7.25. The normalized spacial score (nSPS) is 10.0. The molecule has 2 N–H and O–H groups in total. The fraction of sp³-hybridized carbons (Fsp3) is 0.571. The van der Waals surface area contributed by atoms with Crippen molar-refractivity contribution in [2.75, 3.05) is 13.7 Å². The average molecular weight is 184 g/mol. The van der Waals surface area contributed by atoms with Crippen LogP contribution in [0.2, 0.25) is 0 Å². The molecule has 0 unspecified atom stereocenters. The van der Waals surface area contributed by atoms with E-state index in [4.69, 9.17) is 5.73 Å². The van der Waals surface area contributed by atoms with Gasteiger partial charge in [-0.3, -0.25) is 0 Å². The molecule has 0 saturated heterocycles. The van der Waals surface area contributed by atoms with Gasteiger partial charge in [0.1, 0.15) is 6.33 Å². The molecule has 0 radical (unpaired) electrons. The lowest BCUT2D eigenvalue weighted by Crippen LogP contribution is -2.13. The standard InChI is InChI=1S/C7H12N4O2/c1-13-7(12)6-10-9-5-11(6)4-2-3-8/h5H,2-4,8H2,1H3. The van der Waals surface area contributed by atoms with E-state index in [0.717, 1.165) is 6.42 Å². The van der Waals surface area contributed by atoms with E-state index in [2.05, 4.69) is 14.9 Å². The molecule has 0 aliphatic rings. The highest BCUT2D eigenvalue weighted by Gasteiger charge is 2.13. The Balaban J connectivity index is 2.71. The fourth-order valence-electron chi connectivity index (χ4n) is 0.930. The number of nitrogens with zero attached hydrogens (tertiary/aromatic N) is 3. The molecule has 1 rings (SSSR count). The molecular weight excluding hydrogens is 172 g/mol. The van der Waals surface area contributed by atoms with Crippen molar-refractivity contribution in [3.05, 3.63) is 12.2 Å². The van der Waals surface area contributed by atoms with E-state index in [0.29, 0.717) is 13.1 Å². The largest absolute Gasteiger partial charge is 0.463 e. The van der Waals surface area contributed by atoms with Gasteiger partial charge in [-0.2, -0.15) is 0 Å². The molecular formula is C7H12N4O2. The predicted octanol–water partition coefficient (Wildman–Crippen LogP) is -0.587. The molecule has 6 heteroatoms. The Bertz CT molecular complexity index is 284. The maximum absolute atomic E-state index is 11.1. The molecule has 0 spiro atoms. The highest BCUT2D eigenvalue weighted by Crippen LogP contribution is 1.98. The summed E-state index contributed by atoms with van der Waals surface area (Å²) in [5.41, 5.74) is 5.33. The van der Waals surface area contributed by atoms with Crippen LogP contribution in [-0.4, -0.2) is 34.4 Å². The van der Waals surface area contributed by atoms with Gasteiger partial charge >= 0.3 is 5.97 Å². The zero-order valence-electron chi connectivity index (χ0n) is 7.43. The first kappa shape index (κ1) is 9.66. The summed E-state index contributed by atoms with van der Waals surface area (Å²) >= 11 is 0. The maximum atomic E-state index is 11.1. The second-order valence-corrected chi connectivity index (χ2v) is 2.48. The van der Waals surface area contributed by atoms with Crippen LogP contribution in [0.1, 0.15) is 17.0 Å². The monoisotopic (exact) mass is 184 g/mol. The molecule has 0 amide bonds. The Labute approximate surface area is 75.7 Å². The van der Waals surface area contributed by atoms with Crippen LogP contribution < -0.4 is 5.73 Å². The minimum Gasteiger partial charge on any atom is -0.463 e. The van der Waals surface area contributed by atoms with Gasteiger partial charge < -0.3 is 15.0 Å². The van der Waals surface area contributed by atoms with E-state index in [1.54, 1.807) is 4.57 Å². The minimum atomic E-state index is -0.477. The quantitative estimate of drug-likeness (QED) is 0.632. The number of ether oxygens (including phenoxy) is 1. The van der Waals surface area contributed by atoms with E-state index in [-0.39, 0.29) is 5.82 Å². The number of aryl methyl sites for hydroxylation is 1. The SMILES string of the molecule is COC(=O)c1nncn1CCCN. The molecule has 6 nitrogen and oxygen atoms in total. The van der Waals surface area contributed by atoms with Crippen molar-refractivity contribution < 1.29 is 9.53 Å². The van der Waals surface area contributed by atoms with Crippen LogP contribution in [0.15, 0.2) is 6.33 Å². The highest BCUT2D eigenvalue weighted by atomic mass is 16.5. The van der Waals surface area contributed by atoms with Gasteiger partial charge in [-0.25, -0.2) is 4.79 Å². The van der Waals surface area contributed by atoms with E-state index in [1.165, 1.54) is 13.4 Å². The third-order valence-corrected chi connectivity index (χ3v) is 1.59. The lowest BCUT2D eigenvalue weighted by Gasteiger charge is -2.02. The van der Waals surface area contributed by atoms with E-state index < -0.39 is 5.97 Å². The first-order valence-corrected chi connectivity index (χ1v) is 3.95. The number of hydrogen-bond acceptors (Lipinski definition) is 5. The Morgan fingerprint density at radius 1 is 1.77 bits per heavy atom. The third kappa shape index (κ3) is 2.25. The summed E-state index contributed by atoms with van der Waals surface area (Å²) in [5.74, 6) is -0.259. The van der Waals surface area contributed by atoms with Crippen LogP contribution in [-0.2, 0) is 11.3 Å². The molecule has 13 heavy (non-hydrogen) atoms. The summed E-state index contributed by atoms with van der Waals surface area (Å²) < 4.78 is 6.15. The Morgan fingerprint density at radius 2 is 2.54 bits per heavy atom. The molecule has 0 bridgehead atoms. The van der Waals surface area contributed by atoms with Crippen molar-refractivity contribution in [1.29, 1.82) is 0 Å². The molecule has 0 fully saturated rings. The molecule has 1 heterocycles. The van der Waals surface area contributed by atoms with Crippen LogP contribution in [0.25, 0.3) is 0 Å². The van der Waals surface area contributed by atoms with Crippen molar-refractivity contribution in [1.82, 2.24) is 14.8 Å². The average Bonchev–Trinajstić information content (AvgIpc) is 2.61. The molecule has 0 aromatic carbocycles. The number of methoxy groups -OCH3 is 1. The first-order valence-electron chi connectivity index (χ1n) is 3.95. The maximum Gasteiger partial charge on any atom is 0.376 e. The lowest BCUT2D eigenvalue weighted by molar-refractivity contribution is 0.0580. The van der Waals surface area contributed by atoms with E-state index >= 15 is 0 Å². The van der Waals surface area contributed by atoms with E-state index in [9.17, 15) is 4.79 Å². The second kappa shape index (κ2) is 4.56. The van der Waals surface area contributed by atoms with Crippen molar-refractivity contribution >= 4 is 5.97 Å². The van der Waals surface area contributed by atoms with Gasteiger partial charge in [0, 0.05) is 6.54 Å². The van der Waals surface area contributed by atoms with Crippen LogP contribution in [0, 0.1) is 0 Å². The summed E-state index contributed by atoms with van der Waals surface area (Å²) in [6, 6.07) is 0. The topological polar surface area (TPSA) is 83.0 Å². The van der Waals surface area contributed by atoms with Crippen LogP contribution >= 0.6 is 0 Å². The lowest BCUT2D eigenvalue weighted by atomic mass is 10.4. The van der Waals surface area contributed by atoms with Gasteiger partial charge in [-0.15, -0.1) is 10.2 Å². The van der Waals surface area contributed by atoms with Gasteiger partial charge in [0.2, 0.25) is 5.82 Å². The second-order valence-electron chi connectivity index (χ2n) is 2.48. The summed E-state index contributed by atoms with van der Waals surface area (Å²) in [7, 11) is 1.31. The van der Waals surface area contributed by atoms with Gasteiger partial charge in [0.25, 0.3) is 0 Å². The summed E-state index contributed by atoms with van der Waals surface area (Å²) in [4.78, 5) is 11.1. The highest BCUT2D eigenvalue weighted by molar-refractivity contribution is 5.85. The molecule has 0 saturated carbocycles. The zero-order chi connectivity index (χ0) is 9.68. The predicted molar refractivity (Wildman–Crippen MR) is 45.0 cm³/mol. The molecule has 1 aromatic rings. The van der Waals surface area contributed by atoms with Gasteiger partial charge in [0.15, 0.2) is 0 Å². The molecule has 72 valence electrons. The number of hydrogen-bond donors (Lipinski definition) is 1. The number of aromatic nitrogens is 3. The van der Waals surface area contributed by atoms with Crippen LogP contribution in [0.4, 0.5) is 0 Å². The van der Waals surface area contributed by atoms with E-state index in [1.807, 2.05) is 0 Å². The Kier molecular flexibility index (Phi) is 3.39. The number of carbonyl (C=O) groups excluding carboxylic acids is 1. The molecule has 0 aliphatic heterocycles. The number of esters is 1. The van der Waals surface area contributed by atoms with Gasteiger partial charge in [0.05, 0.1) is 7.11 Å². The molecule has 1 aromatic heterocycles. The summed E-state index contributed by atoms with van der Waals surface area (Å²) in [6.45, 7) is 1.20. The third-order valence-electron chi connectivity index (χ3n) is 1.59. The number of carbonyl (C=O) groups is 1. The molecule has 0 atom stereocenters. The van der Waals surface area contributed by atoms with Crippen LogP contribution in [0.3, 0.4) is 0 Å². The van der Waals surface area contributed by atoms with Crippen LogP contribution in [0.5, 0.6) is 0 Å².